The van der Waals surface area contributed by atoms with Crippen LogP contribution in [0.15, 0.2) is 158 Å². The molecular weight excluding hydrogens is 621 g/mol. The van der Waals surface area contributed by atoms with E-state index in [9.17, 15) is 0 Å². The second-order valence-electron chi connectivity index (χ2n) is 12.4. The van der Waals surface area contributed by atoms with Crippen LogP contribution >= 0.6 is 22.7 Å². The summed E-state index contributed by atoms with van der Waals surface area (Å²) in [4.78, 5) is 12.0. The van der Waals surface area contributed by atoms with Crippen LogP contribution in [-0.4, -0.2) is 9.97 Å². The third kappa shape index (κ3) is 4.77. The molecule has 0 aliphatic rings. The molecule has 0 fully saturated rings. The molecule has 224 valence electrons. The van der Waals surface area contributed by atoms with Gasteiger partial charge in [-0.05, 0) is 114 Å². The highest BCUT2D eigenvalue weighted by Gasteiger charge is 2.12. The standard InChI is InChI=1S/C44H26N2S2/c1-3-7-29-21-39-23-35(13-9-33(39)17-27(29)5-1)41-25-45-43(47-41)37-15-11-32-20-38(16-12-31(32)19-37)44-46-26-42(48-44)36-14-10-34-18-28-6-2-4-8-30(28)22-40(34)24-36/h1-26H. The lowest BCUT2D eigenvalue weighted by Gasteiger charge is -2.05. The molecule has 0 saturated carbocycles. The van der Waals surface area contributed by atoms with E-state index in [4.69, 9.17) is 9.97 Å². The van der Waals surface area contributed by atoms with E-state index < -0.39 is 0 Å². The summed E-state index contributed by atoms with van der Waals surface area (Å²) in [6.45, 7) is 0. The Kier molecular flexibility index (Phi) is 6.26. The highest BCUT2D eigenvalue weighted by atomic mass is 32.1. The molecule has 10 rings (SSSR count). The van der Waals surface area contributed by atoms with Gasteiger partial charge in [0.15, 0.2) is 0 Å². The van der Waals surface area contributed by atoms with Gasteiger partial charge in [0.1, 0.15) is 10.0 Å². The van der Waals surface area contributed by atoms with Gasteiger partial charge in [0.25, 0.3) is 0 Å². The SMILES string of the molecule is c1ccc2cc3cc(-c4cnc(-c5ccc6cc(-c7ncc(-c8ccc9cc%10ccccc%10cc9c8)s7)ccc6c5)s4)ccc3cc2c1. The second kappa shape index (κ2) is 11.0. The van der Waals surface area contributed by atoms with E-state index in [1.54, 1.807) is 22.7 Å². The highest BCUT2D eigenvalue weighted by Crippen LogP contribution is 2.38. The Hall–Kier alpha value is -5.68. The molecule has 0 atom stereocenters. The van der Waals surface area contributed by atoms with Gasteiger partial charge in [-0.3, -0.25) is 0 Å². The number of hydrogen-bond acceptors (Lipinski definition) is 4. The number of rotatable bonds is 4. The first-order valence-corrected chi connectivity index (χ1v) is 17.7. The van der Waals surface area contributed by atoms with Crippen molar-refractivity contribution >= 4 is 76.5 Å². The molecule has 2 nitrogen and oxygen atoms in total. The van der Waals surface area contributed by atoms with Gasteiger partial charge >= 0.3 is 0 Å². The van der Waals surface area contributed by atoms with Crippen LogP contribution in [0.2, 0.25) is 0 Å². The lowest BCUT2D eigenvalue weighted by atomic mass is 10.0. The summed E-state index contributed by atoms with van der Waals surface area (Å²) < 4.78 is 0. The van der Waals surface area contributed by atoms with Crippen LogP contribution < -0.4 is 0 Å². The van der Waals surface area contributed by atoms with E-state index in [0.717, 1.165) is 21.1 Å². The van der Waals surface area contributed by atoms with Crippen molar-refractivity contribution in [3.8, 4) is 42.0 Å². The van der Waals surface area contributed by atoms with Crippen molar-refractivity contribution in [2.24, 2.45) is 0 Å². The summed E-state index contributed by atoms with van der Waals surface area (Å²) in [5.41, 5.74) is 4.68. The fourth-order valence-electron chi connectivity index (χ4n) is 6.78. The summed E-state index contributed by atoms with van der Waals surface area (Å²) in [5.74, 6) is 0. The van der Waals surface area contributed by atoms with Crippen molar-refractivity contribution in [3.05, 3.63) is 158 Å². The number of aromatic nitrogens is 2. The van der Waals surface area contributed by atoms with Crippen LogP contribution in [0.3, 0.4) is 0 Å². The van der Waals surface area contributed by atoms with E-state index in [2.05, 4.69) is 146 Å². The minimum Gasteiger partial charge on any atom is -0.244 e. The Morgan fingerprint density at radius 2 is 0.604 bits per heavy atom. The van der Waals surface area contributed by atoms with Crippen molar-refractivity contribution in [3.63, 3.8) is 0 Å². The maximum absolute atomic E-state index is 4.84. The summed E-state index contributed by atoms with van der Waals surface area (Å²) in [6.07, 6.45) is 4.01. The predicted molar refractivity (Wildman–Crippen MR) is 207 cm³/mol. The first-order valence-electron chi connectivity index (χ1n) is 16.0. The third-order valence-corrected chi connectivity index (χ3v) is 11.5. The normalized spacial score (nSPS) is 11.8. The average molecular weight is 647 g/mol. The van der Waals surface area contributed by atoms with E-state index in [-0.39, 0.29) is 0 Å². The lowest BCUT2D eigenvalue weighted by molar-refractivity contribution is 1.41. The van der Waals surface area contributed by atoms with E-state index in [0.29, 0.717) is 0 Å². The van der Waals surface area contributed by atoms with Crippen molar-refractivity contribution in [2.75, 3.05) is 0 Å². The van der Waals surface area contributed by atoms with Crippen LogP contribution in [0.4, 0.5) is 0 Å². The van der Waals surface area contributed by atoms with Crippen LogP contribution in [0.1, 0.15) is 0 Å². The molecule has 10 aromatic rings. The zero-order valence-corrected chi connectivity index (χ0v) is 27.4. The van der Waals surface area contributed by atoms with E-state index >= 15 is 0 Å². The molecule has 2 heterocycles. The Morgan fingerprint density at radius 3 is 1.02 bits per heavy atom. The Bertz CT molecular complexity index is 2660. The number of nitrogens with zero attached hydrogens (tertiary/aromatic N) is 2. The maximum Gasteiger partial charge on any atom is 0.123 e. The van der Waals surface area contributed by atoms with Gasteiger partial charge in [-0.25, -0.2) is 9.97 Å². The zero-order valence-electron chi connectivity index (χ0n) is 25.7. The molecule has 0 unspecified atom stereocenters. The average Bonchev–Trinajstić information content (AvgIpc) is 3.84. The number of benzene rings is 8. The quantitative estimate of drug-likeness (QED) is 0.178. The molecule has 0 amide bonds. The van der Waals surface area contributed by atoms with Crippen LogP contribution in [-0.2, 0) is 0 Å². The largest absolute Gasteiger partial charge is 0.244 e. The molecule has 0 N–H and O–H groups in total. The van der Waals surface area contributed by atoms with Crippen LogP contribution in [0.5, 0.6) is 0 Å². The zero-order chi connectivity index (χ0) is 31.6. The minimum atomic E-state index is 1.03. The fourth-order valence-corrected chi connectivity index (χ4v) is 8.60. The molecule has 0 saturated heterocycles. The number of hydrogen-bond donors (Lipinski definition) is 0. The molecule has 8 aromatic carbocycles. The number of thiazole rings is 2. The second-order valence-corrected chi connectivity index (χ2v) is 14.4. The molecule has 0 radical (unpaired) electrons. The van der Waals surface area contributed by atoms with Gasteiger partial charge < -0.3 is 0 Å². The topological polar surface area (TPSA) is 25.8 Å². The van der Waals surface area contributed by atoms with Gasteiger partial charge in [-0.15, -0.1) is 22.7 Å². The van der Waals surface area contributed by atoms with Crippen molar-refractivity contribution in [1.29, 1.82) is 0 Å². The molecule has 0 aliphatic carbocycles. The summed E-state index contributed by atoms with van der Waals surface area (Å²) in [6, 6.07) is 52.9. The molecular formula is C44H26N2S2. The Labute approximate surface area is 285 Å². The molecule has 0 aliphatic heterocycles. The first kappa shape index (κ1) is 27.4. The van der Waals surface area contributed by atoms with Crippen molar-refractivity contribution in [1.82, 2.24) is 9.97 Å². The third-order valence-electron chi connectivity index (χ3n) is 9.32. The Balaban J connectivity index is 0.925. The lowest BCUT2D eigenvalue weighted by Crippen LogP contribution is -1.80. The molecule has 2 aromatic heterocycles. The predicted octanol–water partition coefficient (Wildman–Crippen LogP) is 13.0. The first-order chi connectivity index (χ1) is 23.7. The van der Waals surface area contributed by atoms with Gasteiger partial charge in [0.05, 0.1) is 9.75 Å². The van der Waals surface area contributed by atoms with Crippen molar-refractivity contribution < 1.29 is 0 Å². The smallest absolute Gasteiger partial charge is 0.123 e. The van der Waals surface area contributed by atoms with E-state index in [1.165, 1.54) is 74.7 Å². The summed E-state index contributed by atoms with van der Waals surface area (Å²) >= 11 is 3.48. The summed E-state index contributed by atoms with van der Waals surface area (Å²) in [7, 11) is 0. The van der Waals surface area contributed by atoms with Gasteiger partial charge in [0.2, 0.25) is 0 Å². The molecule has 0 bridgehead atoms. The van der Waals surface area contributed by atoms with Gasteiger partial charge in [-0.2, -0.15) is 0 Å². The van der Waals surface area contributed by atoms with Gasteiger partial charge in [0, 0.05) is 23.5 Å². The molecule has 0 spiro atoms. The molecule has 48 heavy (non-hydrogen) atoms. The molecule has 4 heteroatoms. The number of fused-ring (bicyclic) bond motifs is 5. The van der Waals surface area contributed by atoms with Crippen molar-refractivity contribution in [2.45, 2.75) is 0 Å². The summed E-state index contributed by atoms with van der Waals surface area (Å²) in [5, 5.41) is 14.5. The fraction of sp³-hybridized carbons (Fsp3) is 0. The van der Waals surface area contributed by atoms with E-state index in [1.807, 2.05) is 12.4 Å². The minimum absolute atomic E-state index is 1.03. The van der Waals surface area contributed by atoms with Crippen LogP contribution in [0, 0.1) is 0 Å². The maximum atomic E-state index is 4.84. The Morgan fingerprint density at radius 1 is 0.292 bits per heavy atom. The highest BCUT2D eigenvalue weighted by molar-refractivity contribution is 7.18. The van der Waals surface area contributed by atoms with Crippen LogP contribution in [0.25, 0.3) is 95.9 Å². The van der Waals surface area contributed by atoms with Gasteiger partial charge in [-0.1, -0.05) is 97.1 Å². The monoisotopic (exact) mass is 646 g/mol.